The van der Waals surface area contributed by atoms with Gasteiger partial charge >= 0.3 is 11.9 Å². The maximum Gasteiger partial charge on any atom is 0.311 e. The number of rotatable bonds is 15. The predicted octanol–water partition coefficient (Wildman–Crippen LogP) is 11.0. The highest BCUT2D eigenvalue weighted by Gasteiger charge is 2.55. The fourth-order valence-electron chi connectivity index (χ4n) is 14.3. The summed E-state index contributed by atoms with van der Waals surface area (Å²) in [5.74, 6) is 4.68. The lowest BCUT2D eigenvalue weighted by Gasteiger charge is -2.59. The van der Waals surface area contributed by atoms with Crippen molar-refractivity contribution >= 4 is 11.9 Å². The van der Waals surface area contributed by atoms with E-state index in [0.29, 0.717) is 24.9 Å². The molecule has 8 aliphatic rings. The highest BCUT2D eigenvalue weighted by atomic mass is 16.5. The standard InChI is InChI=1S/C52H72N2O4/c55-49(57-41-23-21-39-31-47-43-17-7-9-25-51(43,45(39)33-41)27-29-53(47)35-37-13-11-14-37)19-5-3-1-2-4-6-20-50(56)58-42-24-22-40-32-48-44-18-8-10-26-52(44,46(40)34-42)28-30-54(48)36-38-15-12-16-38/h21-24,33-34,37-38,43-44,47-48H,1-20,25-32,35-36H2/t43-,44+,47-,48+,51+,52-. The van der Waals surface area contributed by atoms with Crippen LogP contribution in [0.3, 0.4) is 0 Å². The Kier molecular flexibility index (Phi) is 11.5. The number of likely N-dealkylation sites (tertiary alicyclic amines) is 2. The van der Waals surface area contributed by atoms with Crippen molar-refractivity contribution in [3.05, 3.63) is 58.7 Å². The van der Waals surface area contributed by atoms with Gasteiger partial charge in [-0.05, 0) is 173 Å². The molecule has 2 aromatic carbocycles. The number of unbranched alkanes of at least 4 members (excludes halogenated alkanes) is 5. The second kappa shape index (κ2) is 17.0. The van der Waals surface area contributed by atoms with Crippen molar-refractivity contribution in [2.24, 2.45) is 23.7 Å². The fourth-order valence-corrected chi connectivity index (χ4v) is 14.3. The third-order valence-corrected chi connectivity index (χ3v) is 17.8. The van der Waals surface area contributed by atoms with Crippen molar-refractivity contribution in [3.63, 3.8) is 0 Å². The van der Waals surface area contributed by atoms with Crippen LogP contribution in [0.5, 0.6) is 11.5 Å². The number of hydrogen-bond donors (Lipinski definition) is 0. The number of esters is 2. The van der Waals surface area contributed by atoms with E-state index in [1.165, 1.54) is 164 Å². The van der Waals surface area contributed by atoms with Gasteiger partial charge in [0.2, 0.25) is 0 Å². The summed E-state index contributed by atoms with van der Waals surface area (Å²) in [7, 11) is 0. The molecule has 6 heteroatoms. The van der Waals surface area contributed by atoms with Crippen LogP contribution in [0.4, 0.5) is 0 Å². The Labute approximate surface area is 349 Å². The van der Waals surface area contributed by atoms with Crippen LogP contribution in [0.1, 0.15) is 176 Å². The van der Waals surface area contributed by atoms with Crippen molar-refractivity contribution in [2.75, 3.05) is 26.2 Å². The predicted molar refractivity (Wildman–Crippen MR) is 230 cm³/mol. The molecule has 6 nitrogen and oxygen atoms in total. The van der Waals surface area contributed by atoms with Crippen LogP contribution in [0, 0.1) is 23.7 Å². The summed E-state index contributed by atoms with van der Waals surface area (Å²) >= 11 is 0. The molecule has 0 N–H and O–H groups in total. The Bertz CT molecular complexity index is 1670. The van der Waals surface area contributed by atoms with Crippen LogP contribution in [-0.4, -0.2) is 60.0 Å². The molecule has 4 bridgehead atoms. The highest BCUT2D eigenvalue weighted by molar-refractivity contribution is 5.73. The van der Waals surface area contributed by atoms with E-state index in [1.54, 1.807) is 0 Å². The number of carbonyl (C=O) groups excluding carboxylic acids is 2. The Balaban J connectivity index is 0.649. The van der Waals surface area contributed by atoms with Gasteiger partial charge in [0.15, 0.2) is 0 Å². The minimum Gasteiger partial charge on any atom is -0.427 e. The molecule has 0 radical (unpaired) electrons. The Morgan fingerprint density at radius 1 is 0.534 bits per heavy atom. The quantitative estimate of drug-likeness (QED) is 0.102. The average Bonchev–Trinajstić information content (AvgIpc) is 3.20. The van der Waals surface area contributed by atoms with Crippen LogP contribution in [-0.2, 0) is 33.3 Å². The number of carbonyl (C=O) groups is 2. The lowest BCUT2D eigenvalue weighted by Crippen LogP contribution is -2.61. The summed E-state index contributed by atoms with van der Waals surface area (Å²) in [5.41, 5.74) is 6.61. The van der Waals surface area contributed by atoms with E-state index in [0.717, 1.165) is 73.7 Å². The molecule has 10 rings (SSSR count). The minimum atomic E-state index is -0.0978. The number of fused-ring (bicyclic) bond motifs is 2. The normalized spacial score (nSPS) is 31.8. The molecule has 0 amide bonds. The zero-order chi connectivity index (χ0) is 39.1. The number of ether oxygens (including phenoxy) is 2. The van der Waals surface area contributed by atoms with E-state index < -0.39 is 0 Å². The maximum atomic E-state index is 13.0. The fraction of sp³-hybridized carbons (Fsp3) is 0.731. The third-order valence-electron chi connectivity index (χ3n) is 17.8. The molecule has 6 fully saturated rings. The third kappa shape index (κ3) is 7.62. The molecule has 2 saturated heterocycles. The number of nitrogens with zero attached hydrogens (tertiary/aromatic N) is 2. The van der Waals surface area contributed by atoms with Crippen LogP contribution >= 0.6 is 0 Å². The lowest BCUT2D eigenvalue weighted by atomic mass is 9.52. The molecule has 58 heavy (non-hydrogen) atoms. The monoisotopic (exact) mass is 789 g/mol. The van der Waals surface area contributed by atoms with Crippen molar-refractivity contribution in [1.29, 1.82) is 0 Å². The number of hydrogen-bond acceptors (Lipinski definition) is 6. The van der Waals surface area contributed by atoms with E-state index in [4.69, 9.17) is 9.47 Å². The highest BCUT2D eigenvalue weighted by Crippen LogP contribution is 2.58. The van der Waals surface area contributed by atoms with Crippen LogP contribution in [0.25, 0.3) is 0 Å². The summed E-state index contributed by atoms with van der Waals surface area (Å²) in [5, 5.41) is 0. The smallest absolute Gasteiger partial charge is 0.311 e. The molecular weight excluding hydrogens is 717 g/mol. The van der Waals surface area contributed by atoms with Gasteiger partial charge in [0.1, 0.15) is 11.5 Å². The molecule has 2 aliphatic heterocycles. The number of benzene rings is 2. The summed E-state index contributed by atoms with van der Waals surface area (Å²) in [6.45, 7) is 5.10. The Morgan fingerprint density at radius 2 is 0.983 bits per heavy atom. The van der Waals surface area contributed by atoms with Gasteiger partial charge in [0.05, 0.1) is 0 Å². The largest absolute Gasteiger partial charge is 0.427 e. The molecule has 6 aliphatic carbocycles. The zero-order valence-corrected chi connectivity index (χ0v) is 35.7. The molecule has 0 aromatic heterocycles. The summed E-state index contributed by atoms with van der Waals surface area (Å²) in [6, 6.07) is 14.7. The summed E-state index contributed by atoms with van der Waals surface area (Å²) in [6.07, 6.45) is 31.0. The molecule has 2 aromatic rings. The molecule has 0 unspecified atom stereocenters. The van der Waals surface area contributed by atoms with Gasteiger partial charge in [-0.2, -0.15) is 0 Å². The minimum absolute atomic E-state index is 0.0978. The van der Waals surface area contributed by atoms with Gasteiger partial charge in [0, 0.05) is 48.8 Å². The summed E-state index contributed by atoms with van der Waals surface area (Å²) < 4.78 is 12.0. The second-order valence-electron chi connectivity index (χ2n) is 20.9. The van der Waals surface area contributed by atoms with E-state index in [-0.39, 0.29) is 22.8 Å². The van der Waals surface area contributed by atoms with Gasteiger partial charge in [0.25, 0.3) is 0 Å². The van der Waals surface area contributed by atoms with Gasteiger partial charge in [-0.25, -0.2) is 0 Å². The SMILES string of the molecule is O=C(CCCCCCCCC(=O)Oc1ccc2c(c1)[C@@]13CCCC[C@H]1[C@H](C2)N(CC1CCC1)CC3)Oc1ccc2c(c1)[C@]13CCCC[C@@H]1[C@@H](C2)N(CC1CCC1)CC3. The maximum absolute atomic E-state index is 13.0. The van der Waals surface area contributed by atoms with Gasteiger partial charge in [-0.1, -0.05) is 76.3 Å². The number of piperidine rings is 2. The first kappa shape index (κ1) is 39.4. The average molecular weight is 789 g/mol. The van der Waals surface area contributed by atoms with Crippen LogP contribution in [0.15, 0.2) is 36.4 Å². The topological polar surface area (TPSA) is 59.1 Å². The Morgan fingerprint density at radius 3 is 1.41 bits per heavy atom. The van der Waals surface area contributed by atoms with E-state index in [9.17, 15) is 9.59 Å². The van der Waals surface area contributed by atoms with Gasteiger partial charge in [-0.3, -0.25) is 19.4 Å². The molecular formula is C52H72N2O4. The second-order valence-corrected chi connectivity index (χ2v) is 20.9. The van der Waals surface area contributed by atoms with E-state index in [2.05, 4.69) is 46.2 Å². The van der Waals surface area contributed by atoms with Gasteiger partial charge in [-0.15, -0.1) is 0 Å². The van der Waals surface area contributed by atoms with E-state index in [1.807, 2.05) is 0 Å². The summed E-state index contributed by atoms with van der Waals surface area (Å²) in [4.78, 5) is 31.8. The first-order valence-electron chi connectivity index (χ1n) is 24.6. The molecule has 0 spiro atoms. The van der Waals surface area contributed by atoms with Crippen LogP contribution < -0.4 is 9.47 Å². The van der Waals surface area contributed by atoms with Crippen molar-refractivity contribution in [1.82, 2.24) is 9.80 Å². The molecule has 6 atom stereocenters. The first-order chi connectivity index (χ1) is 28.5. The van der Waals surface area contributed by atoms with Crippen LogP contribution in [0.2, 0.25) is 0 Å². The Hall–Kier alpha value is -2.70. The molecule has 2 heterocycles. The molecule has 314 valence electrons. The van der Waals surface area contributed by atoms with Crippen molar-refractivity contribution in [2.45, 2.75) is 190 Å². The van der Waals surface area contributed by atoms with E-state index >= 15 is 0 Å². The first-order valence-corrected chi connectivity index (χ1v) is 24.6. The molecule has 4 saturated carbocycles. The van der Waals surface area contributed by atoms with Crippen molar-refractivity contribution in [3.8, 4) is 11.5 Å². The zero-order valence-electron chi connectivity index (χ0n) is 35.7. The van der Waals surface area contributed by atoms with Crippen molar-refractivity contribution < 1.29 is 19.1 Å². The lowest BCUT2D eigenvalue weighted by molar-refractivity contribution is -0.135. The van der Waals surface area contributed by atoms with Gasteiger partial charge < -0.3 is 9.47 Å².